The lowest BCUT2D eigenvalue weighted by Gasteiger charge is -2.09. The first-order valence-corrected chi connectivity index (χ1v) is 7.58. The van der Waals surface area contributed by atoms with Crippen molar-refractivity contribution in [3.05, 3.63) is 44.6 Å². The van der Waals surface area contributed by atoms with E-state index in [1.54, 1.807) is 22.9 Å². The molecule has 0 aliphatic rings. The average Bonchev–Trinajstić information content (AvgIpc) is 2.71. The van der Waals surface area contributed by atoms with Gasteiger partial charge in [0.05, 0.1) is 20.9 Å². The van der Waals surface area contributed by atoms with Gasteiger partial charge in [-0.25, -0.2) is 0 Å². The molecule has 0 unspecified atom stereocenters. The molecule has 112 valence electrons. The van der Waals surface area contributed by atoms with Crippen LogP contribution >= 0.6 is 27.5 Å². The number of ether oxygens (including phenoxy) is 1. The molecule has 1 aromatic carbocycles. The van der Waals surface area contributed by atoms with E-state index in [4.69, 9.17) is 27.5 Å². The lowest BCUT2D eigenvalue weighted by Crippen LogP contribution is -2.11. The molecule has 21 heavy (non-hydrogen) atoms. The minimum absolute atomic E-state index is 0.0616. The van der Waals surface area contributed by atoms with Crippen LogP contribution in [0.5, 0.6) is 5.75 Å². The number of aryl methyl sites for hydroxylation is 2. The second-order valence-corrected chi connectivity index (χ2v) is 5.73. The van der Waals surface area contributed by atoms with E-state index >= 15 is 0 Å². The largest absolute Gasteiger partial charge is 0.487 e. The number of hydrogen-bond acceptors (Lipinski definition) is 3. The van der Waals surface area contributed by atoms with E-state index in [0.717, 1.165) is 22.3 Å². The highest BCUT2D eigenvalue weighted by Crippen LogP contribution is 2.25. The maximum atomic E-state index is 7.40. The highest BCUT2D eigenvalue weighted by Gasteiger charge is 2.13. The van der Waals surface area contributed by atoms with Crippen LogP contribution in [0.25, 0.3) is 0 Å². The van der Waals surface area contributed by atoms with Gasteiger partial charge in [0.25, 0.3) is 0 Å². The van der Waals surface area contributed by atoms with Crippen molar-refractivity contribution in [1.29, 1.82) is 5.41 Å². The van der Waals surface area contributed by atoms with Gasteiger partial charge >= 0.3 is 0 Å². The van der Waals surface area contributed by atoms with Gasteiger partial charge in [-0.05, 0) is 40.5 Å². The fourth-order valence-electron chi connectivity index (χ4n) is 1.93. The summed E-state index contributed by atoms with van der Waals surface area (Å²) in [5.74, 6) is 0.560. The van der Waals surface area contributed by atoms with Gasteiger partial charge in [0.15, 0.2) is 0 Å². The highest BCUT2D eigenvalue weighted by atomic mass is 79.9. The summed E-state index contributed by atoms with van der Waals surface area (Å²) < 4.78 is 8.51. The first-order valence-electron chi connectivity index (χ1n) is 6.41. The molecule has 5 nitrogen and oxygen atoms in total. The van der Waals surface area contributed by atoms with Crippen LogP contribution in [0.3, 0.4) is 0 Å². The molecule has 0 saturated carbocycles. The van der Waals surface area contributed by atoms with Crippen molar-refractivity contribution in [1.82, 2.24) is 9.78 Å². The molecular weight excluding hydrogens is 356 g/mol. The molecule has 7 heteroatoms. The molecule has 0 saturated heterocycles. The molecule has 0 amide bonds. The van der Waals surface area contributed by atoms with Crippen molar-refractivity contribution in [3.63, 3.8) is 0 Å². The fourth-order valence-corrected chi connectivity index (χ4v) is 2.94. The van der Waals surface area contributed by atoms with Crippen molar-refractivity contribution in [3.8, 4) is 5.75 Å². The first kappa shape index (κ1) is 15.9. The molecule has 0 atom stereocenters. The van der Waals surface area contributed by atoms with Gasteiger partial charge in [0.2, 0.25) is 0 Å². The molecule has 0 bridgehead atoms. The molecular formula is C14H16BrClN4O. The zero-order chi connectivity index (χ0) is 15.6. The van der Waals surface area contributed by atoms with Crippen LogP contribution < -0.4 is 10.5 Å². The Labute approximate surface area is 136 Å². The third-order valence-electron chi connectivity index (χ3n) is 3.11. The SMILES string of the molecule is CCc1nn(C)c(COc2ccc(C(=N)N)c(Cl)c2)c1Br. The van der Waals surface area contributed by atoms with Crippen LogP contribution in [-0.4, -0.2) is 15.6 Å². The molecule has 0 spiro atoms. The zero-order valence-electron chi connectivity index (χ0n) is 11.8. The van der Waals surface area contributed by atoms with Gasteiger partial charge < -0.3 is 10.5 Å². The molecule has 1 aromatic heterocycles. The van der Waals surface area contributed by atoms with Gasteiger partial charge in [0, 0.05) is 12.6 Å². The Hall–Kier alpha value is -1.53. The number of amidine groups is 1. The molecule has 0 aliphatic carbocycles. The third kappa shape index (κ3) is 3.39. The van der Waals surface area contributed by atoms with E-state index in [1.807, 2.05) is 7.05 Å². The molecule has 1 heterocycles. The number of nitrogens with one attached hydrogen (secondary N) is 1. The monoisotopic (exact) mass is 370 g/mol. The summed E-state index contributed by atoms with van der Waals surface area (Å²) in [6.07, 6.45) is 0.855. The summed E-state index contributed by atoms with van der Waals surface area (Å²) in [5.41, 5.74) is 7.88. The van der Waals surface area contributed by atoms with Crippen molar-refractivity contribution in [2.45, 2.75) is 20.0 Å². The van der Waals surface area contributed by atoms with Crippen molar-refractivity contribution in [2.24, 2.45) is 12.8 Å². The second-order valence-electron chi connectivity index (χ2n) is 4.53. The Balaban J connectivity index is 2.15. The smallest absolute Gasteiger partial charge is 0.131 e. The number of halogens is 2. The number of nitrogens with two attached hydrogens (primary N) is 1. The van der Waals surface area contributed by atoms with Gasteiger partial charge in [0.1, 0.15) is 18.2 Å². The molecule has 2 rings (SSSR count). The lowest BCUT2D eigenvalue weighted by molar-refractivity contribution is 0.294. The van der Waals surface area contributed by atoms with Crippen LogP contribution in [0, 0.1) is 5.41 Å². The minimum atomic E-state index is -0.0616. The number of benzene rings is 1. The minimum Gasteiger partial charge on any atom is -0.487 e. The van der Waals surface area contributed by atoms with Gasteiger partial charge in [-0.15, -0.1) is 0 Å². The summed E-state index contributed by atoms with van der Waals surface area (Å²) in [6, 6.07) is 5.08. The van der Waals surface area contributed by atoms with Crippen molar-refractivity contribution >= 4 is 33.4 Å². The average molecular weight is 372 g/mol. The Bertz CT molecular complexity index is 684. The Kier molecular flexibility index (Phi) is 4.90. The summed E-state index contributed by atoms with van der Waals surface area (Å²) in [5, 5.41) is 12.2. The number of hydrogen-bond donors (Lipinski definition) is 2. The normalized spacial score (nSPS) is 10.7. The fraction of sp³-hybridized carbons (Fsp3) is 0.286. The van der Waals surface area contributed by atoms with E-state index < -0.39 is 0 Å². The number of nitrogens with zero attached hydrogens (tertiary/aromatic N) is 2. The van der Waals surface area contributed by atoms with E-state index in [1.165, 1.54) is 0 Å². The molecule has 0 aliphatic heterocycles. The predicted molar refractivity (Wildman–Crippen MR) is 87.1 cm³/mol. The maximum Gasteiger partial charge on any atom is 0.131 e. The number of aromatic nitrogens is 2. The molecule has 0 radical (unpaired) electrons. The quantitative estimate of drug-likeness (QED) is 0.625. The number of rotatable bonds is 5. The van der Waals surface area contributed by atoms with Crippen LogP contribution in [0.1, 0.15) is 23.9 Å². The number of nitrogen functional groups attached to an aromatic ring is 1. The van der Waals surface area contributed by atoms with Crippen LogP contribution in [0.4, 0.5) is 0 Å². The first-order chi connectivity index (χ1) is 9.93. The van der Waals surface area contributed by atoms with E-state index in [0.29, 0.717) is 22.9 Å². The maximum absolute atomic E-state index is 7.40. The third-order valence-corrected chi connectivity index (χ3v) is 4.34. The second kappa shape index (κ2) is 6.49. The topological polar surface area (TPSA) is 76.9 Å². The van der Waals surface area contributed by atoms with Crippen LogP contribution in [-0.2, 0) is 20.1 Å². The predicted octanol–water partition coefficient (Wildman–Crippen LogP) is 3.26. The van der Waals surface area contributed by atoms with Crippen LogP contribution in [0.2, 0.25) is 5.02 Å². The zero-order valence-corrected chi connectivity index (χ0v) is 14.1. The summed E-state index contributed by atoms with van der Waals surface area (Å²) in [7, 11) is 1.88. The van der Waals surface area contributed by atoms with Gasteiger partial charge in [-0.1, -0.05) is 18.5 Å². The molecule has 2 aromatic rings. The van der Waals surface area contributed by atoms with Gasteiger partial charge in [-0.2, -0.15) is 5.10 Å². The molecule has 0 fully saturated rings. The van der Waals surface area contributed by atoms with Crippen LogP contribution in [0.15, 0.2) is 22.7 Å². The Morgan fingerprint density at radius 3 is 2.76 bits per heavy atom. The van der Waals surface area contributed by atoms with E-state index in [2.05, 4.69) is 28.0 Å². The summed E-state index contributed by atoms with van der Waals surface area (Å²) in [6.45, 7) is 2.43. The van der Waals surface area contributed by atoms with Gasteiger partial charge in [-0.3, -0.25) is 10.1 Å². The van der Waals surface area contributed by atoms with Crippen molar-refractivity contribution < 1.29 is 4.74 Å². The standard InChI is InChI=1S/C14H16BrClN4O/c1-3-11-13(15)12(20(2)19-11)7-21-8-4-5-9(14(17)18)10(16)6-8/h4-6H,3,7H2,1-2H3,(H3,17,18). The summed E-state index contributed by atoms with van der Waals surface area (Å²) in [4.78, 5) is 0. The molecule has 3 N–H and O–H groups in total. The Morgan fingerprint density at radius 1 is 1.52 bits per heavy atom. The van der Waals surface area contributed by atoms with Crippen molar-refractivity contribution in [2.75, 3.05) is 0 Å². The summed E-state index contributed by atoms with van der Waals surface area (Å²) >= 11 is 9.61. The van der Waals surface area contributed by atoms with E-state index in [9.17, 15) is 0 Å². The lowest BCUT2D eigenvalue weighted by atomic mass is 10.2. The van der Waals surface area contributed by atoms with E-state index in [-0.39, 0.29) is 5.84 Å². The highest BCUT2D eigenvalue weighted by molar-refractivity contribution is 9.10. The Morgan fingerprint density at radius 2 is 2.24 bits per heavy atom.